The van der Waals surface area contributed by atoms with Crippen molar-refractivity contribution in [2.24, 2.45) is 0 Å². The SMILES string of the molecule is C=CC(=O)Nc1cccc(-n2ccc(=O)c3cnc(Nc4ccc(N5CCN(C)CC5)c(Cl)c4)nc32)c1. The van der Waals surface area contributed by atoms with E-state index in [9.17, 15) is 9.59 Å². The van der Waals surface area contributed by atoms with E-state index in [1.54, 1.807) is 22.9 Å². The fourth-order valence-corrected chi connectivity index (χ4v) is 4.55. The van der Waals surface area contributed by atoms with Gasteiger partial charge in [0, 0.05) is 61.7 Å². The number of nitrogens with one attached hydrogen (secondary N) is 2. The molecule has 3 heterocycles. The van der Waals surface area contributed by atoms with Crippen molar-refractivity contribution in [2.45, 2.75) is 0 Å². The zero-order valence-corrected chi connectivity index (χ0v) is 21.1. The zero-order valence-electron chi connectivity index (χ0n) is 20.3. The molecule has 1 saturated heterocycles. The van der Waals surface area contributed by atoms with Crippen LogP contribution in [0.25, 0.3) is 16.7 Å². The third-order valence-corrected chi connectivity index (χ3v) is 6.57. The maximum absolute atomic E-state index is 12.5. The van der Waals surface area contributed by atoms with Crippen LogP contribution in [0, 0.1) is 0 Å². The number of aromatic nitrogens is 3. The minimum absolute atomic E-state index is 0.187. The molecule has 0 saturated carbocycles. The Hall–Kier alpha value is -4.21. The van der Waals surface area contributed by atoms with E-state index in [-0.39, 0.29) is 11.3 Å². The fraction of sp³-hybridized carbons (Fsp3) is 0.185. The van der Waals surface area contributed by atoms with E-state index in [2.05, 4.69) is 44.0 Å². The number of benzene rings is 2. The number of piperazine rings is 1. The Balaban J connectivity index is 1.45. The van der Waals surface area contributed by atoms with E-state index >= 15 is 0 Å². The second kappa shape index (κ2) is 10.4. The van der Waals surface area contributed by atoms with Gasteiger partial charge in [0.15, 0.2) is 11.1 Å². The minimum atomic E-state index is -0.312. The summed E-state index contributed by atoms with van der Waals surface area (Å²) in [6.07, 6.45) is 4.36. The Morgan fingerprint density at radius 1 is 1.08 bits per heavy atom. The van der Waals surface area contributed by atoms with Gasteiger partial charge in [-0.3, -0.25) is 9.59 Å². The molecular weight excluding hydrogens is 490 g/mol. The molecule has 1 amide bonds. The molecule has 0 atom stereocenters. The zero-order chi connectivity index (χ0) is 25.9. The molecule has 1 aliphatic rings. The highest BCUT2D eigenvalue weighted by molar-refractivity contribution is 6.33. The largest absolute Gasteiger partial charge is 0.368 e. The summed E-state index contributed by atoms with van der Waals surface area (Å²) in [7, 11) is 2.12. The Bertz CT molecular complexity index is 1540. The van der Waals surface area contributed by atoms with Crippen molar-refractivity contribution < 1.29 is 4.79 Å². The Morgan fingerprint density at radius 2 is 1.89 bits per heavy atom. The number of amides is 1. The van der Waals surface area contributed by atoms with Gasteiger partial charge in [0.25, 0.3) is 0 Å². The van der Waals surface area contributed by atoms with Gasteiger partial charge in [-0.25, -0.2) is 4.98 Å². The molecule has 0 radical (unpaired) electrons. The molecule has 188 valence electrons. The van der Waals surface area contributed by atoms with Crippen LogP contribution in [0.2, 0.25) is 5.02 Å². The lowest BCUT2D eigenvalue weighted by Gasteiger charge is -2.34. The van der Waals surface area contributed by atoms with Crippen molar-refractivity contribution in [3.05, 3.63) is 88.8 Å². The van der Waals surface area contributed by atoms with Gasteiger partial charge in [0.2, 0.25) is 11.9 Å². The summed E-state index contributed by atoms with van der Waals surface area (Å²) in [5, 5.41) is 6.96. The molecule has 0 aliphatic carbocycles. The molecule has 37 heavy (non-hydrogen) atoms. The lowest BCUT2D eigenvalue weighted by molar-refractivity contribution is -0.111. The number of carbonyl (C=O) groups excluding carboxylic acids is 1. The predicted molar refractivity (Wildman–Crippen MR) is 148 cm³/mol. The molecule has 2 aromatic carbocycles. The summed E-state index contributed by atoms with van der Waals surface area (Å²) in [5.41, 5.74) is 3.29. The van der Waals surface area contributed by atoms with E-state index in [0.29, 0.717) is 27.7 Å². The highest BCUT2D eigenvalue weighted by Gasteiger charge is 2.17. The average Bonchev–Trinajstić information content (AvgIpc) is 2.90. The summed E-state index contributed by atoms with van der Waals surface area (Å²) in [5.74, 6) is 0.0133. The third kappa shape index (κ3) is 5.32. The van der Waals surface area contributed by atoms with Gasteiger partial charge < -0.3 is 25.0 Å². The molecule has 0 bridgehead atoms. The average molecular weight is 516 g/mol. The van der Waals surface area contributed by atoms with E-state index in [0.717, 1.165) is 43.2 Å². The maximum atomic E-state index is 12.5. The van der Waals surface area contributed by atoms with Crippen molar-refractivity contribution in [1.29, 1.82) is 0 Å². The number of carbonyl (C=O) groups is 1. The van der Waals surface area contributed by atoms with Crippen LogP contribution in [0.15, 0.2) is 78.4 Å². The highest BCUT2D eigenvalue weighted by atomic mass is 35.5. The van der Waals surface area contributed by atoms with Gasteiger partial charge in [0.05, 0.1) is 16.1 Å². The molecule has 2 aromatic heterocycles. The molecule has 10 heteroatoms. The molecule has 2 N–H and O–H groups in total. The first kappa shape index (κ1) is 24.5. The lowest BCUT2D eigenvalue weighted by atomic mass is 10.2. The number of hydrogen-bond acceptors (Lipinski definition) is 7. The quantitative estimate of drug-likeness (QED) is 0.374. The van der Waals surface area contributed by atoms with Crippen LogP contribution in [0.4, 0.5) is 23.0 Å². The smallest absolute Gasteiger partial charge is 0.247 e. The van der Waals surface area contributed by atoms with Gasteiger partial charge in [-0.15, -0.1) is 0 Å². The number of likely N-dealkylation sites (N-methyl/N-ethyl adjacent to an activating group) is 1. The van der Waals surface area contributed by atoms with Crippen molar-refractivity contribution >= 4 is 51.6 Å². The number of rotatable bonds is 6. The second-order valence-corrected chi connectivity index (χ2v) is 9.21. The van der Waals surface area contributed by atoms with Gasteiger partial charge in [-0.1, -0.05) is 24.2 Å². The Labute approximate surface area is 219 Å². The molecule has 9 nitrogen and oxygen atoms in total. The number of pyridine rings is 1. The number of anilines is 4. The summed E-state index contributed by atoms with van der Waals surface area (Å²) >= 11 is 6.63. The molecule has 4 aromatic rings. The van der Waals surface area contributed by atoms with Gasteiger partial charge in [0.1, 0.15) is 0 Å². The first-order chi connectivity index (χ1) is 17.9. The summed E-state index contributed by atoms with van der Waals surface area (Å²) < 4.78 is 1.77. The topological polar surface area (TPSA) is 95.4 Å². The molecule has 5 rings (SSSR count). The molecular formula is C27H26ClN7O2. The number of nitrogens with zero attached hydrogens (tertiary/aromatic N) is 5. The number of halogens is 1. The molecule has 0 spiro atoms. The maximum Gasteiger partial charge on any atom is 0.247 e. The predicted octanol–water partition coefficient (Wildman–Crippen LogP) is 4.05. The van der Waals surface area contributed by atoms with Crippen molar-refractivity contribution in [3.8, 4) is 5.69 Å². The molecule has 1 aliphatic heterocycles. The standard InChI is InChI=1S/C27H26ClN7O2/c1-3-25(37)30-18-5-4-6-20(15-18)35-10-9-24(36)21-17-29-27(32-26(21)35)31-19-7-8-23(22(28)16-19)34-13-11-33(2)12-14-34/h3-10,15-17H,1,11-14H2,2H3,(H,30,37)(H,29,31,32). The summed E-state index contributed by atoms with van der Waals surface area (Å²) in [4.78, 5) is 37.8. The van der Waals surface area contributed by atoms with Crippen LogP contribution in [0.1, 0.15) is 0 Å². The Kier molecular flexibility index (Phi) is 6.89. The number of fused-ring (bicyclic) bond motifs is 1. The van der Waals surface area contributed by atoms with Crippen LogP contribution in [0.5, 0.6) is 0 Å². The van der Waals surface area contributed by atoms with Crippen LogP contribution < -0.4 is 21.0 Å². The second-order valence-electron chi connectivity index (χ2n) is 8.81. The third-order valence-electron chi connectivity index (χ3n) is 6.26. The summed E-state index contributed by atoms with van der Waals surface area (Å²) in [6, 6.07) is 14.5. The first-order valence-corrected chi connectivity index (χ1v) is 12.2. The van der Waals surface area contributed by atoms with Crippen LogP contribution in [0.3, 0.4) is 0 Å². The van der Waals surface area contributed by atoms with Gasteiger partial charge in [-0.05, 0) is 49.5 Å². The van der Waals surface area contributed by atoms with E-state index < -0.39 is 0 Å². The minimum Gasteiger partial charge on any atom is -0.368 e. The van der Waals surface area contributed by atoms with Crippen molar-refractivity contribution in [3.63, 3.8) is 0 Å². The molecule has 0 unspecified atom stereocenters. The lowest BCUT2D eigenvalue weighted by Crippen LogP contribution is -2.44. The highest BCUT2D eigenvalue weighted by Crippen LogP contribution is 2.30. The van der Waals surface area contributed by atoms with Crippen LogP contribution >= 0.6 is 11.6 Å². The summed E-state index contributed by atoms with van der Waals surface area (Å²) in [6.45, 7) is 7.31. The van der Waals surface area contributed by atoms with Gasteiger partial charge in [-0.2, -0.15) is 4.98 Å². The fourth-order valence-electron chi connectivity index (χ4n) is 4.25. The van der Waals surface area contributed by atoms with Crippen molar-refractivity contribution in [1.82, 2.24) is 19.4 Å². The van der Waals surface area contributed by atoms with Crippen LogP contribution in [-0.4, -0.2) is 58.6 Å². The van der Waals surface area contributed by atoms with E-state index in [4.69, 9.17) is 11.6 Å². The van der Waals surface area contributed by atoms with E-state index in [1.165, 1.54) is 18.3 Å². The Morgan fingerprint density at radius 3 is 2.65 bits per heavy atom. The number of hydrogen-bond donors (Lipinski definition) is 2. The monoisotopic (exact) mass is 515 g/mol. The first-order valence-electron chi connectivity index (χ1n) is 11.8. The molecule has 1 fully saturated rings. The van der Waals surface area contributed by atoms with Crippen molar-refractivity contribution in [2.75, 3.05) is 48.8 Å². The van der Waals surface area contributed by atoms with Crippen LogP contribution in [-0.2, 0) is 4.79 Å². The van der Waals surface area contributed by atoms with E-state index in [1.807, 2.05) is 30.3 Å². The normalized spacial score (nSPS) is 13.9. The van der Waals surface area contributed by atoms with Gasteiger partial charge >= 0.3 is 0 Å².